The Morgan fingerprint density at radius 3 is 1.31 bits per heavy atom. The molecule has 0 spiro atoms. The topological polar surface area (TPSA) is 347 Å². The minimum absolute atomic E-state index is 0.0461. The number of ether oxygens (including phenoxy) is 4. The minimum atomic E-state index is -0.613. The molecule has 0 aliphatic rings. The molecule has 0 aliphatic carbocycles. The lowest BCUT2D eigenvalue weighted by Gasteiger charge is -2.09. The Hall–Kier alpha value is -14.3. The van der Waals surface area contributed by atoms with Crippen molar-refractivity contribution in [3.63, 3.8) is 0 Å². The first kappa shape index (κ1) is 74.8. The second-order valence-electron chi connectivity index (χ2n) is 23.5. The van der Waals surface area contributed by atoms with Gasteiger partial charge in [0.1, 0.15) is 39.9 Å². The number of amides is 4. The number of carbonyl (C=O) groups is 5. The van der Waals surface area contributed by atoms with Crippen molar-refractivity contribution in [2.75, 3.05) is 27.9 Å². The minimum Gasteiger partial charge on any atom is -0.507 e. The van der Waals surface area contributed by atoms with Crippen molar-refractivity contribution in [2.24, 2.45) is 20.4 Å². The van der Waals surface area contributed by atoms with Gasteiger partial charge in [-0.25, -0.2) is 26.5 Å². The molecular formula is C83H67BrN8O16. The van der Waals surface area contributed by atoms with Crippen LogP contribution in [0, 0.1) is 0 Å². The highest BCUT2D eigenvalue weighted by Gasteiger charge is 2.19. The Morgan fingerprint density at radius 2 is 0.843 bits per heavy atom. The maximum Gasteiger partial charge on any atom is 0.337 e. The molecule has 2 aromatic heterocycles. The van der Waals surface area contributed by atoms with Gasteiger partial charge in [0.25, 0.3) is 11.8 Å². The molecule has 0 radical (unpaired) electrons. The third kappa shape index (κ3) is 18.5. The highest BCUT2D eigenvalue weighted by Crippen LogP contribution is 2.37. The summed E-state index contributed by atoms with van der Waals surface area (Å²) in [6, 6.07) is 67.6. The van der Waals surface area contributed by atoms with E-state index in [9.17, 15) is 49.5 Å². The predicted molar refractivity (Wildman–Crippen MR) is 418 cm³/mol. The van der Waals surface area contributed by atoms with Crippen molar-refractivity contribution in [1.29, 1.82) is 0 Å². The van der Waals surface area contributed by atoms with Crippen LogP contribution < -0.4 is 35.9 Å². The molecule has 9 N–H and O–H groups in total. The average molecular weight is 1510 g/mol. The Bertz CT molecular complexity index is 5790. The number of hydrogen-bond acceptors (Lipinski definition) is 20. The van der Waals surface area contributed by atoms with Gasteiger partial charge < -0.3 is 53.3 Å². The first-order valence-electron chi connectivity index (χ1n) is 33.1. The van der Waals surface area contributed by atoms with Crippen molar-refractivity contribution < 1.29 is 77.3 Å². The molecule has 0 fully saturated rings. The van der Waals surface area contributed by atoms with Crippen LogP contribution in [-0.4, -0.2) is 108 Å². The summed E-state index contributed by atoms with van der Waals surface area (Å²) < 4.78 is 32.5. The number of methoxy groups -OCH3 is 3. The lowest BCUT2D eigenvalue weighted by atomic mass is 10.1. The molecule has 0 bridgehead atoms. The van der Waals surface area contributed by atoms with Crippen LogP contribution >= 0.6 is 15.9 Å². The lowest BCUT2D eigenvalue weighted by Crippen LogP contribution is -2.17. The van der Waals surface area contributed by atoms with Gasteiger partial charge in [-0.05, 0) is 176 Å². The Kier molecular flexibility index (Phi) is 24.4. The molecule has 25 heteroatoms. The fourth-order valence-corrected chi connectivity index (χ4v) is 11.3. The van der Waals surface area contributed by atoms with Gasteiger partial charge in [0.15, 0.2) is 23.0 Å². The van der Waals surface area contributed by atoms with Crippen LogP contribution in [0.5, 0.6) is 46.0 Å². The number of hydrazone groups is 4. The van der Waals surface area contributed by atoms with Crippen LogP contribution in [-0.2, 0) is 4.74 Å². The number of carbonyl (C=O) groups excluding carboxylic acids is 5. The van der Waals surface area contributed by atoms with E-state index >= 15 is 0 Å². The van der Waals surface area contributed by atoms with Crippen LogP contribution in [0.4, 0.5) is 0 Å². The summed E-state index contributed by atoms with van der Waals surface area (Å²) >= 11 is 3.29. The lowest BCUT2D eigenvalue weighted by molar-refractivity contribution is 0.0599. The summed E-state index contributed by atoms with van der Waals surface area (Å²) in [5, 5.41) is 74.5. The molecule has 14 rings (SSSR count). The van der Waals surface area contributed by atoms with E-state index in [-0.39, 0.29) is 79.9 Å². The van der Waals surface area contributed by atoms with Gasteiger partial charge in [-0.1, -0.05) is 132 Å². The van der Waals surface area contributed by atoms with Gasteiger partial charge in [0.05, 0.1) is 69.5 Å². The van der Waals surface area contributed by atoms with Gasteiger partial charge in [-0.3, -0.25) is 19.2 Å². The summed E-state index contributed by atoms with van der Waals surface area (Å²) in [6.45, 7) is 2.75. The second kappa shape index (κ2) is 35.2. The quantitative estimate of drug-likeness (QED) is 0.0219. The average Bonchev–Trinajstić information content (AvgIpc) is 1.63. The SMILES string of the molecule is CCCOc1ccc(/C=N/NC(=O)c2cc3c(ccc4ccccc43)o2)cc1.COC(=O)c1ccc(O)c(/C=N/NC(=O)c2cc3ccccc3cc2O)c1.COc1cc(/C=N/NC(=O)c2cc3c(ccc4ccccc43)o2)cc(OC)c1O.O=C(N/N=C/c1cc(Br)ccc1O)c1cc2ccccc2cc1O. The number of furan rings is 2. The number of aromatic hydroxyl groups is 5. The molecule has 24 nitrogen and oxygen atoms in total. The number of halogens is 1. The molecule has 2 heterocycles. The number of phenols is 5. The molecule has 0 aliphatic heterocycles. The molecule has 4 amide bonds. The number of rotatable bonds is 18. The monoisotopic (exact) mass is 1510 g/mol. The van der Waals surface area contributed by atoms with E-state index in [4.69, 9.17) is 23.0 Å². The third-order valence-electron chi connectivity index (χ3n) is 16.3. The van der Waals surface area contributed by atoms with E-state index in [0.29, 0.717) is 28.9 Å². The summed E-state index contributed by atoms with van der Waals surface area (Å²) in [5.41, 5.74) is 13.4. The van der Waals surface area contributed by atoms with Crippen molar-refractivity contribution in [1.82, 2.24) is 21.7 Å². The first-order valence-corrected chi connectivity index (χ1v) is 33.9. The zero-order valence-corrected chi connectivity index (χ0v) is 59.6. The Morgan fingerprint density at radius 1 is 0.417 bits per heavy atom. The smallest absolute Gasteiger partial charge is 0.337 e. The highest BCUT2D eigenvalue weighted by atomic mass is 79.9. The van der Waals surface area contributed by atoms with Gasteiger partial charge in [-0.2, -0.15) is 20.4 Å². The number of nitrogens with one attached hydrogen (secondary N) is 4. The fourth-order valence-electron chi connectivity index (χ4n) is 10.9. The number of esters is 1. The zero-order valence-electron chi connectivity index (χ0n) is 58.1. The number of hydrogen-bond donors (Lipinski definition) is 9. The number of nitrogens with zero attached hydrogens (tertiary/aromatic N) is 4. The number of fused-ring (bicyclic) bond motifs is 8. The van der Waals surface area contributed by atoms with E-state index in [1.165, 1.54) is 76.4 Å². The van der Waals surface area contributed by atoms with Crippen molar-refractivity contribution in [3.8, 4) is 46.0 Å². The molecule has 0 saturated carbocycles. The maximum atomic E-state index is 12.4. The summed E-state index contributed by atoms with van der Waals surface area (Å²) in [7, 11) is 4.12. The maximum absolute atomic E-state index is 12.4. The Balaban J connectivity index is 0.000000144. The predicted octanol–water partition coefficient (Wildman–Crippen LogP) is 15.8. The molecule has 0 unspecified atom stereocenters. The van der Waals surface area contributed by atoms with Gasteiger partial charge in [0.2, 0.25) is 5.75 Å². The van der Waals surface area contributed by atoms with Gasteiger partial charge in [-0.15, -0.1) is 0 Å². The molecule has 14 aromatic rings. The molecule has 0 saturated heterocycles. The second-order valence-corrected chi connectivity index (χ2v) is 24.4. The van der Waals surface area contributed by atoms with Gasteiger partial charge in [0, 0.05) is 31.9 Å². The molecule has 108 heavy (non-hydrogen) atoms. The standard InChI is InChI=1S/C23H20N2O3.C22H18N2O5.C20H16N2O5.C18H13BrN2O3/c1-2-13-27-18-10-7-16(8-11-18)15-24-25-23(26)22-14-20-19-6-4-3-5-17(19)9-12-21(20)28-22;1-27-18-9-13(10-19(28-2)21(18)25)12-23-24-22(26)20-11-16-15-6-4-3-5-14(15)7-8-17(16)29-20;1-27-20(26)14-6-7-17(23)15(8-14)11-21-22-19(25)16-9-12-4-2-3-5-13(12)10-18(16)24;19-14-5-6-16(22)13(7-14)10-20-21-18(24)15-8-11-3-1-2-4-12(11)9-17(15)23/h3-12,14-15H,2,13H2,1H3,(H,25,26);3-12,25H,1-2H3,(H,24,26);2-11,23-24H,1H3,(H,22,25);1-10,22-23H,(H,21,24)/b24-15+;23-12+;21-11+;20-10+. The van der Waals surface area contributed by atoms with Crippen LogP contribution in [0.15, 0.2) is 264 Å². The van der Waals surface area contributed by atoms with E-state index in [2.05, 4.69) is 69.7 Å². The number of phenolic OH excluding ortho intramolecular Hbond substituents is 5. The van der Waals surface area contributed by atoms with Crippen LogP contribution in [0.25, 0.3) is 65.0 Å². The van der Waals surface area contributed by atoms with Crippen LogP contribution in [0.1, 0.15) is 87.8 Å². The van der Waals surface area contributed by atoms with E-state index < -0.39 is 23.7 Å². The fraction of sp³-hybridized carbons (Fsp3) is 0.0723. The largest absolute Gasteiger partial charge is 0.507 e. The van der Waals surface area contributed by atoms with Crippen LogP contribution in [0.3, 0.4) is 0 Å². The molecule has 542 valence electrons. The van der Waals surface area contributed by atoms with Crippen molar-refractivity contribution in [2.45, 2.75) is 13.3 Å². The van der Waals surface area contributed by atoms with E-state index in [1.807, 2.05) is 146 Å². The third-order valence-corrected chi connectivity index (χ3v) is 16.8. The molecule has 0 atom stereocenters. The highest BCUT2D eigenvalue weighted by molar-refractivity contribution is 9.10. The van der Waals surface area contributed by atoms with Crippen molar-refractivity contribution >= 4 is 135 Å². The van der Waals surface area contributed by atoms with Gasteiger partial charge >= 0.3 is 17.8 Å². The van der Waals surface area contributed by atoms with E-state index in [1.54, 1.807) is 54.7 Å². The van der Waals surface area contributed by atoms with E-state index in [0.717, 1.165) is 76.1 Å². The molecule has 12 aromatic carbocycles. The Labute approximate surface area is 624 Å². The summed E-state index contributed by atoms with van der Waals surface area (Å²) in [4.78, 5) is 60.8. The first-order chi connectivity index (χ1) is 52.4. The number of benzene rings is 12. The molecular weight excluding hydrogens is 1440 g/mol. The summed E-state index contributed by atoms with van der Waals surface area (Å²) in [5.74, 6) is -1.36. The summed E-state index contributed by atoms with van der Waals surface area (Å²) in [6.07, 6.45) is 6.49. The zero-order chi connectivity index (χ0) is 76.2. The van der Waals surface area contributed by atoms with Crippen LogP contribution in [0.2, 0.25) is 0 Å². The van der Waals surface area contributed by atoms with Crippen molar-refractivity contribution in [3.05, 3.63) is 285 Å². The normalized spacial score (nSPS) is 11.1.